The fraction of sp³-hybridized carbons (Fsp3) is 0.304. The molecular weight excluding hydrogens is 320 g/mol. The number of rotatable bonds is 3. The second-order valence-corrected chi connectivity index (χ2v) is 7.34. The second kappa shape index (κ2) is 6.91. The highest BCUT2D eigenvalue weighted by Gasteiger charge is 2.30. The molecule has 0 saturated carbocycles. The number of nitrogens with zero attached hydrogens (tertiary/aromatic N) is 2. The fourth-order valence-corrected chi connectivity index (χ4v) is 4.19. The normalized spacial score (nSPS) is 17.0. The highest BCUT2D eigenvalue weighted by Crippen LogP contribution is 2.33. The van der Waals surface area contributed by atoms with E-state index in [1.807, 2.05) is 30.3 Å². The third kappa shape index (κ3) is 3.22. The highest BCUT2D eigenvalue weighted by atomic mass is 16.2. The van der Waals surface area contributed by atoms with Crippen molar-refractivity contribution in [2.24, 2.45) is 0 Å². The van der Waals surface area contributed by atoms with E-state index in [-0.39, 0.29) is 11.9 Å². The Hall–Kier alpha value is -2.68. The zero-order chi connectivity index (χ0) is 18.1. The molecule has 1 aliphatic rings. The molecule has 1 aliphatic heterocycles. The lowest BCUT2D eigenvalue weighted by molar-refractivity contribution is -0.131. The van der Waals surface area contributed by atoms with Crippen molar-refractivity contribution in [1.29, 1.82) is 0 Å². The molecule has 1 atom stereocenters. The van der Waals surface area contributed by atoms with Gasteiger partial charge in [-0.3, -0.25) is 9.78 Å². The quantitative estimate of drug-likeness (QED) is 0.686. The Labute approximate surface area is 154 Å². The molecule has 3 nitrogen and oxygen atoms in total. The molecule has 0 aliphatic carbocycles. The van der Waals surface area contributed by atoms with Crippen LogP contribution < -0.4 is 0 Å². The maximum absolute atomic E-state index is 13.1. The molecule has 2 heterocycles. The van der Waals surface area contributed by atoms with Gasteiger partial charge in [-0.1, -0.05) is 53.6 Å². The molecule has 0 bridgehead atoms. The molecule has 1 saturated heterocycles. The number of benzene rings is 2. The summed E-state index contributed by atoms with van der Waals surface area (Å²) in [4.78, 5) is 19.7. The van der Waals surface area contributed by atoms with Gasteiger partial charge in [-0.15, -0.1) is 0 Å². The summed E-state index contributed by atoms with van der Waals surface area (Å²) in [5, 5.41) is 1.09. The molecule has 1 unspecified atom stereocenters. The van der Waals surface area contributed by atoms with Gasteiger partial charge in [-0.05, 0) is 43.9 Å². The predicted molar refractivity (Wildman–Crippen MR) is 105 cm³/mol. The molecule has 26 heavy (non-hydrogen) atoms. The number of aryl methyl sites for hydroxylation is 2. The summed E-state index contributed by atoms with van der Waals surface area (Å²) in [7, 11) is 0. The lowest BCUT2D eigenvalue weighted by Crippen LogP contribution is -2.32. The molecule has 0 spiro atoms. The number of hydrogen-bond donors (Lipinski definition) is 0. The minimum Gasteiger partial charge on any atom is -0.335 e. The molecule has 1 amide bonds. The topological polar surface area (TPSA) is 33.2 Å². The Morgan fingerprint density at radius 3 is 2.69 bits per heavy atom. The van der Waals surface area contributed by atoms with Gasteiger partial charge in [0, 0.05) is 18.1 Å². The van der Waals surface area contributed by atoms with Gasteiger partial charge in [0.05, 0.1) is 18.0 Å². The summed E-state index contributed by atoms with van der Waals surface area (Å²) in [6.45, 7) is 5.09. The number of para-hydroxylation sites is 1. The number of hydrogen-bond acceptors (Lipinski definition) is 2. The van der Waals surface area contributed by atoms with E-state index in [1.54, 1.807) is 6.20 Å². The monoisotopic (exact) mass is 344 g/mol. The van der Waals surface area contributed by atoms with Gasteiger partial charge in [-0.25, -0.2) is 0 Å². The Morgan fingerprint density at radius 2 is 1.88 bits per heavy atom. The van der Waals surface area contributed by atoms with Crippen LogP contribution in [-0.2, 0) is 11.2 Å². The number of likely N-dealkylation sites (tertiary alicyclic amines) is 1. The van der Waals surface area contributed by atoms with Crippen molar-refractivity contribution in [2.75, 3.05) is 6.54 Å². The fourth-order valence-electron chi connectivity index (χ4n) is 4.19. The molecule has 0 radical (unpaired) electrons. The molecular formula is C23H24N2O. The zero-order valence-corrected chi connectivity index (χ0v) is 15.4. The first-order valence-electron chi connectivity index (χ1n) is 9.32. The van der Waals surface area contributed by atoms with Crippen molar-refractivity contribution in [1.82, 2.24) is 9.88 Å². The van der Waals surface area contributed by atoms with Crippen LogP contribution >= 0.6 is 0 Å². The summed E-state index contributed by atoms with van der Waals surface area (Å²) >= 11 is 0. The van der Waals surface area contributed by atoms with Gasteiger partial charge in [0.15, 0.2) is 0 Å². The van der Waals surface area contributed by atoms with Crippen LogP contribution in [0.15, 0.2) is 54.7 Å². The van der Waals surface area contributed by atoms with Crippen LogP contribution in [0.2, 0.25) is 0 Å². The first-order chi connectivity index (χ1) is 12.6. The summed E-state index contributed by atoms with van der Waals surface area (Å²) in [5.74, 6) is 0.199. The molecule has 3 heteroatoms. The maximum atomic E-state index is 13.1. The summed E-state index contributed by atoms with van der Waals surface area (Å²) in [6, 6.07) is 16.9. The van der Waals surface area contributed by atoms with E-state index in [0.29, 0.717) is 6.42 Å². The molecule has 1 aromatic heterocycles. The zero-order valence-electron chi connectivity index (χ0n) is 15.4. The Balaban J connectivity index is 1.60. The van der Waals surface area contributed by atoms with E-state index in [2.05, 4.69) is 41.9 Å². The van der Waals surface area contributed by atoms with Crippen LogP contribution in [0.5, 0.6) is 0 Å². The SMILES string of the molecule is Cc1cc(C)cc(C2CCCN2C(=O)Cc2cccc3cccnc23)c1. The summed E-state index contributed by atoms with van der Waals surface area (Å²) < 4.78 is 0. The molecule has 2 aromatic carbocycles. The van der Waals surface area contributed by atoms with Crippen LogP contribution in [-0.4, -0.2) is 22.3 Å². The van der Waals surface area contributed by atoms with E-state index in [1.165, 1.54) is 16.7 Å². The average molecular weight is 344 g/mol. The van der Waals surface area contributed by atoms with E-state index in [9.17, 15) is 4.79 Å². The Bertz CT molecular complexity index is 938. The number of aromatic nitrogens is 1. The van der Waals surface area contributed by atoms with Gasteiger partial charge >= 0.3 is 0 Å². The smallest absolute Gasteiger partial charge is 0.227 e. The number of pyridine rings is 1. The van der Waals surface area contributed by atoms with Gasteiger partial charge in [-0.2, -0.15) is 0 Å². The largest absolute Gasteiger partial charge is 0.335 e. The standard InChI is InChI=1S/C23H24N2O/c1-16-12-17(2)14-20(13-16)21-9-5-11-25(21)22(26)15-19-7-3-6-18-8-4-10-24-23(18)19/h3-4,6-8,10,12-14,21H,5,9,11,15H2,1-2H3. The van der Waals surface area contributed by atoms with Crippen LogP contribution in [0.25, 0.3) is 10.9 Å². The van der Waals surface area contributed by atoms with Gasteiger partial charge < -0.3 is 4.90 Å². The summed E-state index contributed by atoms with van der Waals surface area (Å²) in [6.07, 6.45) is 4.32. The minimum atomic E-state index is 0.198. The third-order valence-electron chi connectivity index (χ3n) is 5.26. The van der Waals surface area contributed by atoms with Crippen LogP contribution in [0.1, 0.15) is 41.1 Å². The third-order valence-corrected chi connectivity index (χ3v) is 5.26. The first kappa shape index (κ1) is 16.8. The van der Waals surface area contributed by atoms with Crippen molar-refractivity contribution in [3.63, 3.8) is 0 Å². The lowest BCUT2D eigenvalue weighted by atomic mass is 9.99. The van der Waals surface area contributed by atoms with Crippen LogP contribution in [0.3, 0.4) is 0 Å². The Kier molecular flexibility index (Phi) is 4.46. The van der Waals surface area contributed by atoms with Gasteiger partial charge in [0.1, 0.15) is 0 Å². The first-order valence-corrected chi connectivity index (χ1v) is 9.32. The van der Waals surface area contributed by atoms with E-state index in [4.69, 9.17) is 0 Å². The average Bonchev–Trinajstić information content (AvgIpc) is 3.11. The van der Waals surface area contributed by atoms with Crippen LogP contribution in [0, 0.1) is 13.8 Å². The van der Waals surface area contributed by atoms with E-state index in [0.717, 1.165) is 35.9 Å². The maximum Gasteiger partial charge on any atom is 0.227 e. The van der Waals surface area contributed by atoms with E-state index < -0.39 is 0 Å². The Morgan fingerprint density at radius 1 is 1.12 bits per heavy atom. The highest BCUT2D eigenvalue weighted by molar-refractivity contribution is 5.87. The van der Waals surface area contributed by atoms with Gasteiger partial charge in [0.2, 0.25) is 5.91 Å². The van der Waals surface area contributed by atoms with Crippen molar-refractivity contribution in [3.8, 4) is 0 Å². The lowest BCUT2D eigenvalue weighted by Gasteiger charge is -2.26. The second-order valence-electron chi connectivity index (χ2n) is 7.34. The molecule has 0 N–H and O–H groups in total. The molecule has 132 valence electrons. The molecule has 4 rings (SSSR count). The van der Waals surface area contributed by atoms with E-state index >= 15 is 0 Å². The van der Waals surface area contributed by atoms with Crippen molar-refractivity contribution >= 4 is 16.8 Å². The number of carbonyl (C=O) groups is 1. The van der Waals surface area contributed by atoms with Crippen molar-refractivity contribution in [2.45, 2.75) is 39.2 Å². The molecule has 1 fully saturated rings. The predicted octanol–water partition coefficient (Wildman–Crippen LogP) is 4.76. The number of carbonyl (C=O) groups excluding carboxylic acids is 1. The molecule has 3 aromatic rings. The van der Waals surface area contributed by atoms with Crippen LogP contribution in [0.4, 0.5) is 0 Å². The summed E-state index contributed by atoms with van der Waals surface area (Å²) in [5.41, 5.74) is 5.74. The van der Waals surface area contributed by atoms with Crippen molar-refractivity contribution in [3.05, 3.63) is 77.0 Å². The minimum absolute atomic E-state index is 0.198. The van der Waals surface area contributed by atoms with Gasteiger partial charge in [0.25, 0.3) is 0 Å². The van der Waals surface area contributed by atoms with Crippen molar-refractivity contribution < 1.29 is 4.79 Å². The number of amides is 1. The number of fused-ring (bicyclic) bond motifs is 1.